The monoisotopic (exact) mass is 277 g/mol. The average Bonchev–Trinajstić information content (AvgIpc) is 2.41. The van der Waals surface area contributed by atoms with Gasteiger partial charge < -0.3 is 5.73 Å². The zero-order chi connectivity index (χ0) is 13.9. The minimum atomic E-state index is -3.65. The molecule has 3 N–H and O–H groups in total. The van der Waals surface area contributed by atoms with E-state index in [9.17, 15) is 8.42 Å². The van der Waals surface area contributed by atoms with Crippen molar-refractivity contribution in [3.8, 4) is 0 Å². The van der Waals surface area contributed by atoms with E-state index in [-0.39, 0.29) is 11.4 Å². The molecule has 0 amide bonds. The molecule has 0 saturated heterocycles. The van der Waals surface area contributed by atoms with E-state index in [2.05, 4.69) is 9.71 Å². The van der Waals surface area contributed by atoms with Gasteiger partial charge in [0.2, 0.25) is 0 Å². The van der Waals surface area contributed by atoms with Gasteiger partial charge in [0, 0.05) is 12.7 Å². The Morgan fingerprint density at radius 3 is 2.63 bits per heavy atom. The summed E-state index contributed by atoms with van der Waals surface area (Å²) in [6, 6.07) is 10.0. The predicted molar refractivity (Wildman–Crippen MR) is 74.1 cm³/mol. The smallest absolute Gasteiger partial charge is 0.262 e. The van der Waals surface area contributed by atoms with E-state index in [1.54, 1.807) is 43.5 Å². The summed E-state index contributed by atoms with van der Waals surface area (Å²) < 4.78 is 27.2. The summed E-state index contributed by atoms with van der Waals surface area (Å²) in [6.07, 6.45) is 1.61. The van der Waals surface area contributed by atoms with Crippen LogP contribution < -0.4 is 10.5 Å². The number of anilines is 1. The molecule has 0 bridgehead atoms. The van der Waals surface area contributed by atoms with Gasteiger partial charge >= 0.3 is 0 Å². The second-order valence-electron chi connectivity index (χ2n) is 4.05. The summed E-state index contributed by atoms with van der Waals surface area (Å²) >= 11 is 0. The molecule has 0 unspecified atom stereocenters. The number of aryl methyl sites for hydroxylation is 1. The summed E-state index contributed by atoms with van der Waals surface area (Å²) in [5.41, 5.74) is 7.23. The molecule has 6 heteroatoms. The van der Waals surface area contributed by atoms with Gasteiger partial charge in [0.15, 0.2) is 0 Å². The predicted octanol–water partition coefficient (Wildman–Crippen LogP) is 1.65. The van der Waals surface area contributed by atoms with E-state index in [0.717, 1.165) is 0 Å². The van der Waals surface area contributed by atoms with Crippen LogP contribution in [0.15, 0.2) is 47.5 Å². The Morgan fingerprint density at radius 2 is 1.95 bits per heavy atom. The van der Waals surface area contributed by atoms with Gasteiger partial charge in [-0.15, -0.1) is 0 Å². The molecule has 0 fully saturated rings. The molecule has 100 valence electrons. The second-order valence-corrected chi connectivity index (χ2v) is 5.70. The lowest BCUT2D eigenvalue weighted by Gasteiger charge is -2.12. The van der Waals surface area contributed by atoms with E-state index < -0.39 is 10.0 Å². The molecule has 0 spiro atoms. The Hall–Kier alpha value is -1.92. The molecule has 0 aliphatic heterocycles. The highest BCUT2D eigenvalue weighted by molar-refractivity contribution is 7.92. The highest BCUT2D eigenvalue weighted by Gasteiger charge is 2.18. The summed E-state index contributed by atoms with van der Waals surface area (Å²) in [4.78, 5) is 4.24. The molecule has 1 aromatic carbocycles. The van der Waals surface area contributed by atoms with Gasteiger partial charge in [-0.05, 0) is 30.7 Å². The van der Waals surface area contributed by atoms with Crippen molar-refractivity contribution in [2.24, 2.45) is 5.73 Å². The molecule has 5 nitrogen and oxygen atoms in total. The van der Waals surface area contributed by atoms with Crippen molar-refractivity contribution in [2.75, 3.05) is 4.72 Å². The van der Waals surface area contributed by atoms with Gasteiger partial charge in [-0.1, -0.05) is 18.2 Å². The van der Waals surface area contributed by atoms with Crippen LogP contribution in [0.2, 0.25) is 0 Å². The lowest BCUT2D eigenvalue weighted by Crippen LogP contribution is -2.17. The molecular weight excluding hydrogens is 262 g/mol. The molecule has 1 aromatic heterocycles. The Kier molecular flexibility index (Phi) is 3.82. The Bertz CT molecular complexity index is 684. The summed E-state index contributed by atoms with van der Waals surface area (Å²) in [6.45, 7) is 1.91. The van der Waals surface area contributed by atoms with Crippen LogP contribution in [0.4, 0.5) is 5.69 Å². The van der Waals surface area contributed by atoms with Crippen LogP contribution in [0.1, 0.15) is 11.3 Å². The molecule has 0 saturated carbocycles. The third-order valence-electron chi connectivity index (χ3n) is 2.73. The van der Waals surface area contributed by atoms with Gasteiger partial charge in [-0.25, -0.2) is 8.42 Å². The average molecular weight is 277 g/mol. The first-order valence-electron chi connectivity index (χ1n) is 5.77. The Labute approximate surface area is 112 Å². The first-order chi connectivity index (χ1) is 9.04. The van der Waals surface area contributed by atoms with E-state index >= 15 is 0 Å². The lowest BCUT2D eigenvalue weighted by molar-refractivity contribution is 0.600. The largest absolute Gasteiger partial charge is 0.326 e. The maximum atomic E-state index is 12.3. The Balaban J connectivity index is 2.41. The van der Waals surface area contributed by atoms with E-state index in [1.165, 1.54) is 6.07 Å². The highest BCUT2D eigenvalue weighted by Crippen LogP contribution is 2.20. The fourth-order valence-electron chi connectivity index (χ4n) is 1.73. The first-order valence-corrected chi connectivity index (χ1v) is 7.25. The molecule has 0 aliphatic rings. The molecule has 2 rings (SSSR count). The van der Waals surface area contributed by atoms with Crippen LogP contribution in [-0.4, -0.2) is 13.4 Å². The van der Waals surface area contributed by atoms with Crippen molar-refractivity contribution in [3.05, 3.63) is 53.9 Å². The van der Waals surface area contributed by atoms with E-state index in [1.807, 2.05) is 0 Å². The SMILES string of the molecule is Cc1ncccc1NS(=O)(=O)c1ccccc1CN. The zero-order valence-corrected chi connectivity index (χ0v) is 11.3. The van der Waals surface area contributed by atoms with Crippen molar-refractivity contribution < 1.29 is 8.42 Å². The van der Waals surface area contributed by atoms with Gasteiger partial charge in [0.25, 0.3) is 10.0 Å². The number of nitrogens with two attached hydrogens (primary N) is 1. The van der Waals surface area contributed by atoms with E-state index in [4.69, 9.17) is 5.73 Å². The minimum absolute atomic E-state index is 0.170. The second kappa shape index (κ2) is 5.38. The van der Waals surface area contributed by atoms with Gasteiger partial charge in [0.1, 0.15) is 0 Å². The summed E-state index contributed by atoms with van der Waals surface area (Å²) in [5, 5.41) is 0. The molecule has 1 heterocycles. The van der Waals surface area contributed by atoms with Crippen molar-refractivity contribution in [3.63, 3.8) is 0 Å². The van der Waals surface area contributed by atoms with Crippen LogP contribution in [-0.2, 0) is 16.6 Å². The summed E-state index contributed by atoms with van der Waals surface area (Å²) in [5.74, 6) is 0. The standard InChI is InChI=1S/C13H15N3O2S/c1-10-12(6-4-8-15-10)16-19(17,18)13-7-3-2-5-11(13)9-14/h2-8,16H,9,14H2,1H3. The molecule has 2 aromatic rings. The fraction of sp³-hybridized carbons (Fsp3) is 0.154. The highest BCUT2D eigenvalue weighted by atomic mass is 32.2. The van der Waals surface area contributed by atoms with Crippen molar-refractivity contribution >= 4 is 15.7 Å². The number of aromatic nitrogens is 1. The van der Waals surface area contributed by atoms with E-state index in [0.29, 0.717) is 16.9 Å². The first kappa shape index (κ1) is 13.5. The quantitative estimate of drug-likeness (QED) is 0.889. The molecule has 0 aliphatic carbocycles. The topological polar surface area (TPSA) is 85.1 Å². The number of nitrogens with zero attached hydrogens (tertiary/aromatic N) is 1. The number of nitrogens with one attached hydrogen (secondary N) is 1. The zero-order valence-electron chi connectivity index (χ0n) is 10.5. The van der Waals surface area contributed by atoms with Crippen LogP contribution in [0.25, 0.3) is 0 Å². The Morgan fingerprint density at radius 1 is 1.21 bits per heavy atom. The number of hydrogen-bond donors (Lipinski definition) is 2. The van der Waals surface area contributed by atoms with Crippen LogP contribution in [0.3, 0.4) is 0 Å². The van der Waals surface area contributed by atoms with Gasteiger partial charge in [-0.3, -0.25) is 9.71 Å². The third kappa shape index (κ3) is 2.91. The fourth-order valence-corrected chi connectivity index (χ4v) is 3.10. The van der Waals surface area contributed by atoms with Crippen LogP contribution >= 0.6 is 0 Å². The molecular formula is C13H15N3O2S. The molecule has 19 heavy (non-hydrogen) atoms. The van der Waals surface area contributed by atoms with Gasteiger partial charge in [0.05, 0.1) is 16.3 Å². The maximum absolute atomic E-state index is 12.3. The number of pyridine rings is 1. The number of benzene rings is 1. The van der Waals surface area contributed by atoms with Crippen molar-refractivity contribution in [1.82, 2.24) is 4.98 Å². The number of hydrogen-bond acceptors (Lipinski definition) is 4. The van der Waals surface area contributed by atoms with Crippen molar-refractivity contribution in [1.29, 1.82) is 0 Å². The number of rotatable bonds is 4. The normalized spacial score (nSPS) is 11.3. The minimum Gasteiger partial charge on any atom is -0.326 e. The third-order valence-corrected chi connectivity index (χ3v) is 4.20. The van der Waals surface area contributed by atoms with Crippen LogP contribution in [0.5, 0.6) is 0 Å². The molecule has 0 radical (unpaired) electrons. The number of sulfonamides is 1. The van der Waals surface area contributed by atoms with Crippen molar-refractivity contribution in [2.45, 2.75) is 18.4 Å². The molecule has 0 atom stereocenters. The van der Waals surface area contributed by atoms with Gasteiger partial charge in [-0.2, -0.15) is 0 Å². The maximum Gasteiger partial charge on any atom is 0.262 e. The lowest BCUT2D eigenvalue weighted by atomic mass is 10.2. The van der Waals surface area contributed by atoms with Crippen LogP contribution in [0, 0.1) is 6.92 Å². The summed E-state index contributed by atoms with van der Waals surface area (Å²) in [7, 11) is -3.65.